The highest BCUT2D eigenvalue weighted by atomic mass is 16.5. The number of ketones is 1. The van der Waals surface area contributed by atoms with Crippen molar-refractivity contribution >= 4 is 17.7 Å². The van der Waals surface area contributed by atoms with E-state index >= 15 is 0 Å². The highest BCUT2D eigenvalue weighted by Crippen LogP contribution is 2.29. The van der Waals surface area contributed by atoms with Gasteiger partial charge in [-0.05, 0) is 31.2 Å². The molecule has 0 heterocycles. The highest BCUT2D eigenvalue weighted by Gasteiger charge is 2.28. The third-order valence-corrected chi connectivity index (χ3v) is 6.09. The molecule has 0 spiro atoms. The molecular formula is C25H29NO4. The Bertz CT molecular complexity index is 919. The summed E-state index contributed by atoms with van der Waals surface area (Å²) < 4.78 is 5.24. The number of hydrogen-bond acceptors (Lipinski definition) is 4. The lowest BCUT2D eigenvalue weighted by Gasteiger charge is -2.34. The molecule has 1 saturated carbocycles. The van der Waals surface area contributed by atoms with E-state index in [1.54, 1.807) is 36.4 Å². The van der Waals surface area contributed by atoms with Gasteiger partial charge >= 0.3 is 5.97 Å². The van der Waals surface area contributed by atoms with Crippen LogP contribution in [0.25, 0.3) is 0 Å². The number of benzene rings is 2. The Labute approximate surface area is 177 Å². The molecule has 1 N–H and O–H groups in total. The smallest absolute Gasteiger partial charge is 0.339 e. The second-order valence-electron chi connectivity index (χ2n) is 8.26. The zero-order valence-corrected chi connectivity index (χ0v) is 17.8. The van der Waals surface area contributed by atoms with Crippen molar-refractivity contribution in [3.63, 3.8) is 0 Å². The number of hydrogen-bond donors (Lipinski definition) is 1. The summed E-state index contributed by atoms with van der Waals surface area (Å²) >= 11 is 0. The lowest BCUT2D eigenvalue weighted by atomic mass is 9.78. The SMILES string of the molecule is Cc1ccc(C(=O)c2ccccc2C(=O)OCC(=O)N[C@@H]2CCC[C@H](C)[C@@H]2C)cc1. The molecule has 0 saturated heterocycles. The Morgan fingerprint density at radius 1 is 0.967 bits per heavy atom. The Balaban J connectivity index is 1.64. The van der Waals surface area contributed by atoms with E-state index in [2.05, 4.69) is 19.2 Å². The van der Waals surface area contributed by atoms with Crippen molar-refractivity contribution in [3.05, 3.63) is 70.8 Å². The van der Waals surface area contributed by atoms with Crippen molar-refractivity contribution < 1.29 is 19.1 Å². The van der Waals surface area contributed by atoms with Crippen LogP contribution in [-0.4, -0.2) is 30.3 Å². The average molecular weight is 408 g/mol. The van der Waals surface area contributed by atoms with Gasteiger partial charge in [-0.2, -0.15) is 0 Å². The number of ether oxygens (including phenoxy) is 1. The van der Waals surface area contributed by atoms with Gasteiger partial charge in [0.25, 0.3) is 5.91 Å². The molecule has 0 unspecified atom stereocenters. The summed E-state index contributed by atoms with van der Waals surface area (Å²) in [6.07, 6.45) is 3.21. The van der Waals surface area contributed by atoms with E-state index in [-0.39, 0.29) is 35.5 Å². The molecule has 5 nitrogen and oxygen atoms in total. The van der Waals surface area contributed by atoms with Crippen LogP contribution in [0.4, 0.5) is 0 Å². The number of esters is 1. The minimum Gasteiger partial charge on any atom is -0.452 e. The summed E-state index contributed by atoms with van der Waals surface area (Å²) in [6, 6.07) is 13.8. The Morgan fingerprint density at radius 2 is 1.63 bits per heavy atom. The van der Waals surface area contributed by atoms with Crippen molar-refractivity contribution in [2.75, 3.05) is 6.61 Å². The molecule has 1 aliphatic rings. The second kappa shape index (κ2) is 9.70. The molecule has 2 aromatic rings. The summed E-state index contributed by atoms with van der Waals surface area (Å²) in [7, 11) is 0. The predicted molar refractivity (Wildman–Crippen MR) is 115 cm³/mol. The number of nitrogens with one attached hydrogen (secondary N) is 1. The molecule has 30 heavy (non-hydrogen) atoms. The molecule has 3 atom stereocenters. The van der Waals surface area contributed by atoms with Crippen LogP contribution in [0.15, 0.2) is 48.5 Å². The molecule has 3 rings (SSSR count). The van der Waals surface area contributed by atoms with Crippen LogP contribution in [0.1, 0.15) is 65.0 Å². The molecule has 1 aliphatic carbocycles. The first-order valence-electron chi connectivity index (χ1n) is 10.5. The van der Waals surface area contributed by atoms with Crippen LogP contribution >= 0.6 is 0 Å². The van der Waals surface area contributed by atoms with Crippen LogP contribution < -0.4 is 5.32 Å². The summed E-state index contributed by atoms with van der Waals surface area (Å²) in [5, 5.41) is 2.99. The van der Waals surface area contributed by atoms with Crippen LogP contribution in [0.5, 0.6) is 0 Å². The monoisotopic (exact) mass is 407 g/mol. The standard InChI is InChI=1S/C25H29NO4/c1-16-11-13-19(14-12-16)24(28)20-8-4-5-9-21(20)25(29)30-15-23(27)26-22-10-6-7-17(2)18(22)3/h4-5,8-9,11-14,17-18,22H,6-7,10,15H2,1-3H3,(H,26,27)/t17-,18-,22+/m0/s1. The van der Waals surface area contributed by atoms with Crippen molar-refractivity contribution in [2.45, 2.75) is 46.1 Å². The quantitative estimate of drug-likeness (QED) is 0.572. The first-order valence-corrected chi connectivity index (χ1v) is 10.5. The van der Waals surface area contributed by atoms with Gasteiger partial charge in [0.15, 0.2) is 12.4 Å². The molecule has 1 amide bonds. The molecule has 2 aromatic carbocycles. The zero-order valence-electron chi connectivity index (χ0n) is 17.8. The molecule has 0 bridgehead atoms. The van der Waals surface area contributed by atoms with Crippen molar-refractivity contribution in [1.29, 1.82) is 0 Å². The molecule has 158 valence electrons. The van der Waals surface area contributed by atoms with E-state index in [9.17, 15) is 14.4 Å². The van der Waals surface area contributed by atoms with Gasteiger partial charge in [-0.1, -0.05) is 74.7 Å². The third-order valence-electron chi connectivity index (χ3n) is 6.09. The summed E-state index contributed by atoms with van der Waals surface area (Å²) in [5.41, 5.74) is 1.97. The molecule has 0 radical (unpaired) electrons. The molecule has 0 aromatic heterocycles. The molecule has 0 aliphatic heterocycles. The Kier molecular flexibility index (Phi) is 7.03. The first-order chi connectivity index (χ1) is 14.4. The summed E-state index contributed by atoms with van der Waals surface area (Å²) in [4.78, 5) is 37.8. The second-order valence-corrected chi connectivity index (χ2v) is 8.26. The first kappa shape index (κ1) is 21.8. The van der Waals surface area contributed by atoms with E-state index < -0.39 is 5.97 Å². The zero-order chi connectivity index (χ0) is 21.7. The van der Waals surface area contributed by atoms with Crippen LogP contribution in [0.2, 0.25) is 0 Å². The van der Waals surface area contributed by atoms with E-state index in [0.717, 1.165) is 18.4 Å². The Morgan fingerprint density at radius 3 is 2.33 bits per heavy atom. The van der Waals surface area contributed by atoms with Crippen LogP contribution in [0, 0.1) is 18.8 Å². The molecule has 5 heteroatoms. The van der Waals surface area contributed by atoms with Gasteiger partial charge in [0.1, 0.15) is 0 Å². The fourth-order valence-electron chi connectivity index (χ4n) is 3.96. The Hall–Kier alpha value is -2.95. The van der Waals surface area contributed by atoms with Gasteiger partial charge in [-0.3, -0.25) is 9.59 Å². The van der Waals surface area contributed by atoms with Crippen molar-refractivity contribution in [1.82, 2.24) is 5.32 Å². The van der Waals surface area contributed by atoms with E-state index in [1.807, 2.05) is 19.1 Å². The summed E-state index contributed by atoms with van der Waals surface area (Å²) in [5.74, 6) is -0.280. The fourth-order valence-corrected chi connectivity index (χ4v) is 3.96. The normalized spacial score (nSPS) is 21.0. The number of aryl methyl sites for hydroxylation is 1. The van der Waals surface area contributed by atoms with Gasteiger partial charge in [0.05, 0.1) is 5.56 Å². The highest BCUT2D eigenvalue weighted by molar-refractivity contribution is 6.14. The minimum atomic E-state index is -0.675. The van der Waals surface area contributed by atoms with Crippen LogP contribution in [-0.2, 0) is 9.53 Å². The van der Waals surface area contributed by atoms with E-state index in [1.165, 1.54) is 6.42 Å². The lowest BCUT2D eigenvalue weighted by molar-refractivity contribution is -0.125. The molecular weight excluding hydrogens is 378 g/mol. The van der Waals surface area contributed by atoms with E-state index in [4.69, 9.17) is 4.74 Å². The van der Waals surface area contributed by atoms with Crippen molar-refractivity contribution in [2.24, 2.45) is 11.8 Å². The predicted octanol–water partition coefficient (Wildman–Crippen LogP) is 4.32. The lowest BCUT2D eigenvalue weighted by Crippen LogP contribution is -2.45. The van der Waals surface area contributed by atoms with Gasteiger partial charge < -0.3 is 10.1 Å². The van der Waals surface area contributed by atoms with Crippen molar-refractivity contribution in [3.8, 4) is 0 Å². The average Bonchev–Trinajstić information content (AvgIpc) is 2.75. The van der Waals surface area contributed by atoms with Gasteiger partial charge in [-0.15, -0.1) is 0 Å². The van der Waals surface area contributed by atoms with Gasteiger partial charge in [0, 0.05) is 17.2 Å². The van der Waals surface area contributed by atoms with Gasteiger partial charge in [0.2, 0.25) is 0 Å². The van der Waals surface area contributed by atoms with Crippen LogP contribution in [0.3, 0.4) is 0 Å². The maximum absolute atomic E-state index is 12.9. The summed E-state index contributed by atoms with van der Waals surface area (Å²) in [6.45, 7) is 5.93. The number of carbonyl (C=O) groups is 3. The van der Waals surface area contributed by atoms with E-state index in [0.29, 0.717) is 17.4 Å². The maximum Gasteiger partial charge on any atom is 0.339 e. The third kappa shape index (κ3) is 5.15. The number of rotatable bonds is 6. The topological polar surface area (TPSA) is 72.5 Å². The van der Waals surface area contributed by atoms with Gasteiger partial charge in [-0.25, -0.2) is 4.79 Å². The molecule has 1 fully saturated rings. The number of carbonyl (C=O) groups excluding carboxylic acids is 3. The maximum atomic E-state index is 12.9. The minimum absolute atomic E-state index is 0.107. The largest absolute Gasteiger partial charge is 0.452 e. The number of amides is 1. The fraction of sp³-hybridized carbons (Fsp3) is 0.400.